The van der Waals surface area contributed by atoms with Gasteiger partial charge in [0.2, 0.25) is 5.89 Å². The highest BCUT2D eigenvalue weighted by molar-refractivity contribution is 7.99. The Morgan fingerprint density at radius 3 is 3.06 bits per heavy atom. The lowest BCUT2D eigenvalue weighted by Gasteiger charge is -2.20. The van der Waals surface area contributed by atoms with Crippen molar-refractivity contribution in [3.05, 3.63) is 5.89 Å². The van der Waals surface area contributed by atoms with Crippen LogP contribution >= 0.6 is 11.8 Å². The Morgan fingerprint density at radius 1 is 1.47 bits per heavy atom. The molecule has 94 valence electrons. The fraction of sp³-hybridized carbons (Fsp3) is 0.700. The van der Waals surface area contributed by atoms with Crippen LogP contribution in [0.25, 0.3) is 0 Å². The van der Waals surface area contributed by atoms with Crippen LogP contribution in [0, 0.1) is 0 Å². The summed E-state index contributed by atoms with van der Waals surface area (Å²) in [6.07, 6.45) is 4.06. The molecule has 2 rings (SSSR count). The number of aromatic nitrogens is 2. The second-order valence-electron chi connectivity index (χ2n) is 3.84. The number of rotatable bonds is 5. The van der Waals surface area contributed by atoms with Crippen LogP contribution in [0.15, 0.2) is 9.64 Å². The first kappa shape index (κ1) is 12.4. The Labute approximate surface area is 103 Å². The molecule has 1 aromatic rings. The van der Waals surface area contributed by atoms with Gasteiger partial charge in [-0.15, -0.1) is 10.2 Å². The van der Waals surface area contributed by atoms with Crippen molar-refractivity contribution in [3.8, 4) is 0 Å². The van der Waals surface area contributed by atoms with Crippen LogP contribution in [0.1, 0.15) is 25.2 Å². The highest BCUT2D eigenvalue weighted by Crippen LogP contribution is 2.20. The first-order chi connectivity index (χ1) is 8.24. The maximum absolute atomic E-state index is 10.4. The molecule has 7 heteroatoms. The smallest absolute Gasteiger partial charge is 0.314 e. The molecule has 0 aromatic carbocycles. The highest BCUT2D eigenvalue weighted by atomic mass is 32.2. The summed E-state index contributed by atoms with van der Waals surface area (Å²) in [6.45, 7) is 0.791. The molecule has 1 N–H and O–H groups in total. The Morgan fingerprint density at radius 2 is 2.35 bits per heavy atom. The minimum Gasteiger partial charge on any atom is -0.481 e. The fourth-order valence-corrected chi connectivity index (χ4v) is 2.17. The van der Waals surface area contributed by atoms with Crippen LogP contribution in [-0.4, -0.2) is 39.7 Å². The number of ether oxygens (including phenoxy) is 1. The second kappa shape index (κ2) is 6.02. The van der Waals surface area contributed by atoms with Gasteiger partial charge in [0.05, 0.1) is 12.5 Å². The molecule has 1 fully saturated rings. The van der Waals surface area contributed by atoms with E-state index in [1.54, 1.807) is 0 Å². The molecule has 1 aliphatic heterocycles. The number of thioether (sulfide) groups is 1. The molecule has 1 aromatic heterocycles. The predicted molar refractivity (Wildman–Crippen MR) is 60.0 cm³/mol. The maximum atomic E-state index is 10.4. The van der Waals surface area contributed by atoms with E-state index in [-0.39, 0.29) is 11.9 Å². The third-order valence-corrected chi connectivity index (χ3v) is 3.25. The van der Waals surface area contributed by atoms with E-state index < -0.39 is 5.97 Å². The van der Waals surface area contributed by atoms with Gasteiger partial charge < -0.3 is 14.3 Å². The molecule has 17 heavy (non-hydrogen) atoms. The quantitative estimate of drug-likeness (QED) is 0.798. The van der Waals surface area contributed by atoms with E-state index in [1.807, 2.05) is 0 Å². The third kappa shape index (κ3) is 4.01. The van der Waals surface area contributed by atoms with Crippen molar-refractivity contribution < 1.29 is 19.1 Å². The zero-order valence-electron chi connectivity index (χ0n) is 9.29. The number of aliphatic carboxylic acids is 1. The molecule has 6 nitrogen and oxygen atoms in total. The molecule has 1 aliphatic rings. The molecule has 0 spiro atoms. The molecular weight excluding hydrogens is 244 g/mol. The van der Waals surface area contributed by atoms with Crippen LogP contribution in [0.3, 0.4) is 0 Å². The lowest BCUT2D eigenvalue weighted by molar-refractivity contribution is -0.133. The van der Waals surface area contributed by atoms with Crippen molar-refractivity contribution in [2.24, 2.45) is 0 Å². The van der Waals surface area contributed by atoms with Crippen molar-refractivity contribution in [1.82, 2.24) is 10.2 Å². The van der Waals surface area contributed by atoms with E-state index in [2.05, 4.69) is 10.2 Å². The number of carboxylic acid groups (broad SMARTS) is 1. The molecule has 0 amide bonds. The second-order valence-corrected chi connectivity index (χ2v) is 4.76. The maximum Gasteiger partial charge on any atom is 0.314 e. The lowest BCUT2D eigenvalue weighted by atomic mass is 10.1. The van der Waals surface area contributed by atoms with Crippen LogP contribution < -0.4 is 0 Å². The molecule has 1 atom stereocenters. The van der Waals surface area contributed by atoms with Crippen molar-refractivity contribution in [1.29, 1.82) is 0 Å². The van der Waals surface area contributed by atoms with Gasteiger partial charge in [0, 0.05) is 6.61 Å². The zero-order chi connectivity index (χ0) is 12.1. The average Bonchev–Trinajstić information content (AvgIpc) is 2.75. The largest absolute Gasteiger partial charge is 0.481 e. The Hall–Kier alpha value is -1.08. The SMILES string of the molecule is O=C(O)CSc1nnc(CC2CCCCO2)o1. The van der Waals surface area contributed by atoms with Crippen LogP contribution in [0.4, 0.5) is 0 Å². The van der Waals surface area contributed by atoms with Gasteiger partial charge in [-0.1, -0.05) is 11.8 Å². The third-order valence-electron chi connectivity index (χ3n) is 2.44. The standard InChI is InChI=1S/C10H14N2O4S/c13-9(14)6-17-10-12-11-8(16-10)5-7-3-1-2-4-15-7/h7H,1-6H2,(H,13,14). The van der Waals surface area contributed by atoms with Crippen LogP contribution in [-0.2, 0) is 16.0 Å². The predicted octanol–water partition coefficient (Wildman–Crippen LogP) is 1.36. The van der Waals surface area contributed by atoms with Gasteiger partial charge in [-0.3, -0.25) is 4.79 Å². The highest BCUT2D eigenvalue weighted by Gasteiger charge is 2.18. The van der Waals surface area contributed by atoms with Gasteiger partial charge in [0.1, 0.15) is 5.75 Å². The van der Waals surface area contributed by atoms with E-state index in [4.69, 9.17) is 14.3 Å². The van der Waals surface area contributed by atoms with Gasteiger partial charge in [0.15, 0.2) is 0 Å². The topological polar surface area (TPSA) is 85.5 Å². The van der Waals surface area contributed by atoms with E-state index >= 15 is 0 Å². The number of hydrogen-bond acceptors (Lipinski definition) is 6. The van der Waals surface area contributed by atoms with E-state index in [0.717, 1.165) is 31.2 Å². The number of hydrogen-bond donors (Lipinski definition) is 1. The van der Waals surface area contributed by atoms with Gasteiger partial charge in [-0.25, -0.2) is 0 Å². The molecule has 1 unspecified atom stereocenters. The molecule has 0 aliphatic carbocycles. The van der Waals surface area contributed by atoms with E-state index in [1.165, 1.54) is 6.42 Å². The molecule has 0 radical (unpaired) electrons. The van der Waals surface area contributed by atoms with Crippen molar-refractivity contribution in [2.45, 2.75) is 37.0 Å². The van der Waals surface area contributed by atoms with Gasteiger partial charge in [-0.05, 0) is 19.3 Å². The normalized spacial score (nSPS) is 20.4. The Bertz CT molecular complexity index is 376. The van der Waals surface area contributed by atoms with Gasteiger partial charge in [0.25, 0.3) is 5.22 Å². The van der Waals surface area contributed by atoms with Crippen molar-refractivity contribution in [2.75, 3.05) is 12.4 Å². The Balaban J connectivity index is 1.82. The summed E-state index contributed by atoms with van der Waals surface area (Å²) in [5.74, 6) is -0.447. The summed E-state index contributed by atoms with van der Waals surface area (Å²) < 4.78 is 10.9. The number of carbonyl (C=O) groups is 1. The summed E-state index contributed by atoms with van der Waals surface area (Å²) in [6, 6.07) is 0. The Kier molecular flexibility index (Phi) is 4.38. The van der Waals surface area contributed by atoms with Gasteiger partial charge in [-0.2, -0.15) is 0 Å². The van der Waals surface area contributed by atoms with E-state index in [9.17, 15) is 4.79 Å². The molecule has 2 heterocycles. The summed E-state index contributed by atoms with van der Waals surface area (Å²) in [4.78, 5) is 10.4. The molecule has 0 bridgehead atoms. The minimum atomic E-state index is -0.898. The van der Waals surface area contributed by atoms with E-state index in [0.29, 0.717) is 17.5 Å². The summed E-state index contributed by atoms with van der Waals surface area (Å²) in [5, 5.41) is 16.5. The van der Waals surface area contributed by atoms with Crippen LogP contribution in [0.2, 0.25) is 0 Å². The lowest BCUT2D eigenvalue weighted by Crippen LogP contribution is -2.21. The molecule has 0 saturated carbocycles. The van der Waals surface area contributed by atoms with Crippen LogP contribution in [0.5, 0.6) is 0 Å². The molecule has 1 saturated heterocycles. The average molecular weight is 258 g/mol. The summed E-state index contributed by atoms with van der Waals surface area (Å²) in [7, 11) is 0. The first-order valence-electron chi connectivity index (χ1n) is 5.52. The molecular formula is C10H14N2O4S. The summed E-state index contributed by atoms with van der Waals surface area (Å²) in [5.41, 5.74) is 0. The first-order valence-corrected chi connectivity index (χ1v) is 6.51. The van der Waals surface area contributed by atoms with Gasteiger partial charge >= 0.3 is 5.97 Å². The van der Waals surface area contributed by atoms with Crippen molar-refractivity contribution in [3.63, 3.8) is 0 Å². The number of carboxylic acids is 1. The van der Waals surface area contributed by atoms with Crippen molar-refractivity contribution >= 4 is 17.7 Å². The minimum absolute atomic E-state index is 0.0679. The number of nitrogens with zero attached hydrogens (tertiary/aromatic N) is 2. The fourth-order valence-electron chi connectivity index (χ4n) is 1.67. The monoisotopic (exact) mass is 258 g/mol. The zero-order valence-corrected chi connectivity index (χ0v) is 10.1. The summed E-state index contributed by atoms with van der Waals surface area (Å²) >= 11 is 1.03.